The lowest BCUT2D eigenvalue weighted by Crippen LogP contribution is -2.66. The Labute approximate surface area is 497 Å². The summed E-state index contributed by atoms with van der Waals surface area (Å²) in [6.45, 7) is 30.2. The molecule has 0 aromatic carbocycles. The second-order valence-electron chi connectivity index (χ2n) is 21.3. The van der Waals surface area contributed by atoms with E-state index in [2.05, 4.69) is 71.9 Å². The van der Waals surface area contributed by atoms with Gasteiger partial charge in [0.1, 0.15) is 55.1 Å². The van der Waals surface area contributed by atoms with Gasteiger partial charge >= 0.3 is 0 Å². The summed E-state index contributed by atoms with van der Waals surface area (Å²) in [5.41, 5.74) is 41.2. The Hall–Kier alpha value is -1.24. The zero-order valence-electron chi connectivity index (χ0n) is 50.6. The summed E-state index contributed by atoms with van der Waals surface area (Å²) in [7, 11) is 0. The summed E-state index contributed by atoms with van der Waals surface area (Å²) >= 11 is 0. The molecule has 1 unspecified atom stereocenters. The van der Waals surface area contributed by atoms with Crippen LogP contribution in [0.15, 0.2) is 0 Å². The van der Waals surface area contributed by atoms with Crippen molar-refractivity contribution >= 4 is 0 Å². The fourth-order valence-electron chi connectivity index (χ4n) is 9.91. The average molecular weight is 1200 g/mol. The van der Waals surface area contributed by atoms with Crippen LogP contribution < -0.4 is 82.7 Å². The first-order valence-corrected chi connectivity index (χ1v) is 31.0. The third kappa shape index (κ3) is 34.9. The zero-order valence-corrected chi connectivity index (χ0v) is 50.6. The second kappa shape index (κ2) is 51.6. The Morgan fingerprint density at radius 1 is 0.301 bits per heavy atom. The highest BCUT2D eigenvalue weighted by Crippen LogP contribution is 2.28. The Kier molecular flexibility index (Phi) is 48.4. The van der Waals surface area contributed by atoms with Crippen LogP contribution in [-0.4, -0.2) is 401 Å². The van der Waals surface area contributed by atoms with Gasteiger partial charge in [0.05, 0.1) is 13.2 Å². The summed E-state index contributed by atoms with van der Waals surface area (Å²) in [6.07, 6.45) is -14.6. The lowest BCUT2D eigenvalue weighted by Gasteiger charge is -2.46. The summed E-state index contributed by atoms with van der Waals surface area (Å²) in [5.74, 6) is 0. The van der Waals surface area contributed by atoms with Gasteiger partial charge in [-0.25, -0.2) is 0 Å². The number of hydrogen-bond acceptors (Lipinski definition) is 31. The highest BCUT2D eigenvalue weighted by molar-refractivity contribution is 4.95. The van der Waals surface area contributed by atoms with E-state index in [1.807, 2.05) is 0 Å². The van der Waals surface area contributed by atoms with Crippen LogP contribution in [0.2, 0.25) is 0 Å². The normalized spacial score (nSPS) is 23.4. The Morgan fingerprint density at radius 2 is 0.614 bits per heavy atom. The summed E-state index contributed by atoms with van der Waals surface area (Å²) in [6, 6.07) is 0. The molecule has 0 spiro atoms. The van der Waals surface area contributed by atoms with E-state index in [-0.39, 0.29) is 0 Å². The molecule has 0 amide bonds. The first-order valence-electron chi connectivity index (χ1n) is 31.0. The smallest absolute Gasteiger partial charge is 0.187 e. The van der Waals surface area contributed by atoms with Gasteiger partial charge in [0.25, 0.3) is 0 Å². The van der Waals surface area contributed by atoms with Crippen LogP contribution in [0.4, 0.5) is 0 Å². The minimum atomic E-state index is -1.74. The van der Waals surface area contributed by atoms with Gasteiger partial charge in [-0.1, -0.05) is 0 Å². The van der Waals surface area contributed by atoms with Crippen LogP contribution in [0.5, 0.6) is 0 Å². The fourth-order valence-corrected chi connectivity index (χ4v) is 9.91. The van der Waals surface area contributed by atoms with Crippen LogP contribution in [0.25, 0.3) is 0 Å². The number of aliphatic hydroxyl groups is 7. The van der Waals surface area contributed by atoms with Crippen molar-refractivity contribution in [1.29, 1.82) is 0 Å². The lowest BCUT2D eigenvalue weighted by atomic mass is 9.96. The standard InChI is InChI=1S/C52H123N21O10/c53-1-8-60-15-27-68(23-4-56)29-18-63-11-12-64-20-33-72(39-40-73(38-35-70(25-6-58)31-17-62-10-3-55)34-22-66-21-30-69(24-5-57)28-16-61-9-2-54)37-36-71(26-7-59)32-19-65-13-14-67-51-48(79)47(78)50(44(42-75)81-51)83-52-49(80)46(77)45(76)43(41-74)82-52/h43-52,60-67,74-80H,1-42,53-59H2/t43-,44-,45-,46+,47-,48-,49-,50-,51?,52-/m1/s1. The predicted molar refractivity (Wildman–Crippen MR) is 327 cm³/mol. The molecule has 2 aliphatic rings. The topological polar surface area (TPSA) is 467 Å². The molecule has 2 saturated heterocycles. The molecule has 83 heavy (non-hydrogen) atoms. The number of hydrogen-bond donors (Lipinski definition) is 22. The second-order valence-corrected chi connectivity index (χ2v) is 21.3. The molecule has 0 bridgehead atoms. The van der Waals surface area contributed by atoms with Crippen LogP contribution in [0.3, 0.4) is 0 Å². The zero-order chi connectivity index (χ0) is 60.7. The molecule has 0 radical (unpaired) electrons. The molecule has 496 valence electrons. The van der Waals surface area contributed by atoms with Crippen LogP contribution in [0, 0.1) is 0 Å². The molecule has 10 atom stereocenters. The van der Waals surface area contributed by atoms with Crippen LogP contribution >= 0.6 is 0 Å². The van der Waals surface area contributed by atoms with Crippen LogP contribution in [-0.2, 0) is 14.2 Å². The van der Waals surface area contributed by atoms with E-state index in [1.54, 1.807) is 0 Å². The van der Waals surface area contributed by atoms with E-state index in [4.69, 9.17) is 54.3 Å². The number of rotatable bonds is 58. The quantitative estimate of drug-likeness (QED) is 0.0251. The molecule has 2 rings (SSSR count). The van der Waals surface area contributed by atoms with Gasteiger partial charge in [0.2, 0.25) is 0 Å². The van der Waals surface area contributed by atoms with Crippen molar-refractivity contribution in [2.75, 3.05) is 275 Å². The van der Waals surface area contributed by atoms with Crippen molar-refractivity contribution in [1.82, 2.24) is 71.9 Å². The Balaban J connectivity index is 2.06. The number of nitrogens with two attached hydrogens (primary N) is 7. The molecule has 2 fully saturated rings. The fraction of sp³-hybridized carbons (Fsp3) is 1.00. The van der Waals surface area contributed by atoms with Gasteiger partial charge in [0.15, 0.2) is 6.29 Å². The molecule has 31 heteroatoms. The molecule has 0 aromatic rings. The highest BCUT2D eigenvalue weighted by Gasteiger charge is 2.50. The van der Waals surface area contributed by atoms with Gasteiger partial charge in [0, 0.05) is 262 Å². The van der Waals surface area contributed by atoms with Gasteiger partial charge < -0.3 is 127 Å². The van der Waals surface area contributed by atoms with E-state index < -0.39 is 74.6 Å². The summed E-state index contributed by atoms with van der Waals surface area (Å²) in [5, 5.41) is 100. The van der Waals surface area contributed by atoms with Gasteiger partial charge in [-0.3, -0.25) is 34.7 Å². The third-order valence-electron chi connectivity index (χ3n) is 14.9. The minimum Gasteiger partial charge on any atom is -0.394 e. The SMILES string of the molecule is NCCNCCN(CCN)CCNCCNCCN(CCN(CCN)CCNCCNC1O[C@H](CO)[C@@H](O[C@H]2O[C@H](CO)[C@@H](O)[C@H](O)[C@H]2O)[C@H](O)[C@H]1O)CCN(CCNCCN(CCN)CCNCCN)CCN(CCN)CCNCCN. The summed E-state index contributed by atoms with van der Waals surface area (Å²) in [4.78, 5) is 14.7. The summed E-state index contributed by atoms with van der Waals surface area (Å²) < 4.78 is 17.0. The lowest BCUT2D eigenvalue weighted by molar-refractivity contribution is -0.343. The van der Waals surface area contributed by atoms with E-state index in [9.17, 15) is 35.7 Å². The predicted octanol–water partition coefficient (Wildman–Crippen LogP) is -13.1. The number of nitrogens with one attached hydrogen (secondary N) is 8. The molecule has 0 aromatic heterocycles. The van der Waals surface area contributed by atoms with E-state index >= 15 is 0 Å². The Bertz CT molecular complexity index is 1450. The van der Waals surface area contributed by atoms with E-state index in [0.717, 1.165) is 196 Å². The molecular formula is C52H123N21O10. The molecule has 31 nitrogen and oxygen atoms in total. The third-order valence-corrected chi connectivity index (χ3v) is 14.9. The Morgan fingerprint density at radius 3 is 0.952 bits per heavy atom. The van der Waals surface area contributed by atoms with Crippen molar-refractivity contribution in [3.05, 3.63) is 0 Å². The van der Waals surface area contributed by atoms with Gasteiger partial charge in [-0.2, -0.15) is 0 Å². The maximum Gasteiger partial charge on any atom is 0.187 e. The largest absolute Gasteiger partial charge is 0.394 e. The van der Waals surface area contributed by atoms with Crippen molar-refractivity contribution in [2.45, 2.75) is 61.3 Å². The molecule has 2 heterocycles. The maximum atomic E-state index is 11.1. The molecule has 29 N–H and O–H groups in total. The molecule has 2 aliphatic heterocycles. The van der Waals surface area contributed by atoms with E-state index in [0.29, 0.717) is 65.4 Å². The van der Waals surface area contributed by atoms with E-state index in [1.165, 1.54) is 0 Å². The average Bonchev–Trinajstić information content (AvgIpc) is 3.52. The first-order chi connectivity index (χ1) is 40.4. The van der Waals surface area contributed by atoms with Crippen molar-refractivity contribution in [3.63, 3.8) is 0 Å². The van der Waals surface area contributed by atoms with Gasteiger partial charge in [-0.15, -0.1) is 0 Å². The number of ether oxygens (including phenoxy) is 3. The highest BCUT2D eigenvalue weighted by atomic mass is 16.7. The molecule has 0 saturated carbocycles. The first kappa shape index (κ1) is 77.9. The van der Waals surface area contributed by atoms with Crippen molar-refractivity contribution < 1.29 is 50.0 Å². The molecular weight excluding hydrogens is 1080 g/mol. The van der Waals surface area contributed by atoms with Gasteiger partial charge in [-0.05, 0) is 0 Å². The maximum absolute atomic E-state index is 11.1. The van der Waals surface area contributed by atoms with Crippen LogP contribution in [0.1, 0.15) is 0 Å². The van der Waals surface area contributed by atoms with Crippen molar-refractivity contribution in [2.24, 2.45) is 40.1 Å². The number of aliphatic hydroxyl groups excluding tert-OH is 7. The molecule has 0 aliphatic carbocycles. The number of nitrogens with zero attached hydrogens (tertiary/aromatic N) is 6. The van der Waals surface area contributed by atoms with Crippen molar-refractivity contribution in [3.8, 4) is 0 Å². The monoisotopic (exact) mass is 1200 g/mol. The minimum absolute atomic E-state index is 0.347.